The first-order valence-electron chi connectivity index (χ1n) is 9.36. The standard InChI is InChI=1S/C21H21F2N5O2S/c1-12-4-5-13(2)17(8-12)25-19(29)10-18-26-27-21(28(18)3)31-11-20(30)24-14-6-7-15(22)16(23)9-14/h4-9H,10-11H2,1-3H3,(H,24,30)(H,25,29). The number of halogens is 2. The van der Waals surface area contributed by atoms with E-state index in [2.05, 4.69) is 20.8 Å². The Balaban J connectivity index is 1.55. The third kappa shape index (κ3) is 5.88. The van der Waals surface area contributed by atoms with E-state index in [9.17, 15) is 18.4 Å². The van der Waals surface area contributed by atoms with Gasteiger partial charge in [-0.05, 0) is 43.2 Å². The predicted molar refractivity (Wildman–Crippen MR) is 115 cm³/mol. The van der Waals surface area contributed by atoms with Gasteiger partial charge >= 0.3 is 0 Å². The molecule has 1 aromatic heterocycles. The predicted octanol–water partition coefficient (Wildman–Crippen LogP) is 3.62. The lowest BCUT2D eigenvalue weighted by molar-refractivity contribution is -0.116. The van der Waals surface area contributed by atoms with Crippen LogP contribution >= 0.6 is 11.8 Å². The number of nitrogens with one attached hydrogen (secondary N) is 2. The van der Waals surface area contributed by atoms with Crippen molar-refractivity contribution in [1.29, 1.82) is 0 Å². The summed E-state index contributed by atoms with van der Waals surface area (Å²) in [5.41, 5.74) is 2.90. The van der Waals surface area contributed by atoms with Crippen LogP contribution in [0.2, 0.25) is 0 Å². The van der Waals surface area contributed by atoms with Crippen molar-refractivity contribution in [2.75, 3.05) is 16.4 Å². The van der Waals surface area contributed by atoms with Crippen LogP contribution in [0.5, 0.6) is 0 Å². The number of aryl methyl sites for hydroxylation is 2. The Morgan fingerprint density at radius 1 is 1.00 bits per heavy atom. The number of nitrogens with zero attached hydrogens (tertiary/aromatic N) is 3. The first-order valence-corrected chi connectivity index (χ1v) is 10.3. The number of hydrogen-bond acceptors (Lipinski definition) is 5. The van der Waals surface area contributed by atoms with Crippen molar-refractivity contribution in [3.8, 4) is 0 Å². The number of carbonyl (C=O) groups excluding carboxylic acids is 2. The average Bonchev–Trinajstić information content (AvgIpc) is 3.05. The molecular weight excluding hydrogens is 424 g/mol. The second kappa shape index (κ2) is 9.69. The topological polar surface area (TPSA) is 88.9 Å². The van der Waals surface area contributed by atoms with E-state index >= 15 is 0 Å². The lowest BCUT2D eigenvalue weighted by Crippen LogP contribution is -2.18. The summed E-state index contributed by atoms with van der Waals surface area (Å²) in [4.78, 5) is 24.5. The van der Waals surface area contributed by atoms with Crippen LogP contribution in [-0.2, 0) is 23.1 Å². The summed E-state index contributed by atoms with van der Waals surface area (Å²) in [5, 5.41) is 13.9. The molecule has 2 amide bonds. The maximum atomic E-state index is 13.2. The van der Waals surface area contributed by atoms with Crippen LogP contribution in [-0.4, -0.2) is 32.3 Å². The van der Waals surface area contributed by atoms with E-state index in [0.717, 1.165) is 40.7 Å². The molecule has 0 atom stereocenters. The molecule has 10 heteroatoms. The quantitative estimate of drug-likeness (QED) is 0.543. The zero-order valence-electron chi connectivity index (χ0n) is 17.2. The van der Waals surface area contributed by atoms with Gasteiger partial charge in [-0.25, -0.2) is 8.78 Å². The van der Waals surface area contributed by atoms with Gasteiger partial charge in [0.15, 0.2) is 16.8 Å². The molecule has 162 valence electrons. The summed E-state index contributed by atoms with van der Waals surface area (Å²) in [5.74, 6) is -2.22. The van der Waals surface area contributed by atoms with Crippen LogP contribution in [0, 0.1) is 25.5 Å². The molecule has 2 N–H and O–H groups in total. The molecule has 3 rings (SSSR count). The fraction of sp³-hybridized carbons (Fsp3) is 0.238. The van der Waals surface area contributed by atoms with Crippen LogP contribution in [0.25, 0.3) is 0 Å². The molecule has 0 bridgehead atoms. The number of rotatable bonds is 7. The summed E-state index contributed by atoms with van der Waals surface area (Å²) in [6.07, 6.45) is 0.0263. The van der Waals surface area contributed by atoms with Crippen LogP contribution in [0.15, 0.2) is 41.6 Å². The van der Waals surface area contributed by atoms with Crippen LogP contribution in [0.3, 0.4) is 0 Å². The largest absolute Gasteiger partial charge is 0.325 e. The van der Waals surface area contributed by atoms with Gasteiger partial charge < -0.3 is 15.2 Å². The van der Waals surface area contributed by atoms with E-state index in [4.69, 9.17) is 0 Å². The zero-order chi connectivity index (χ0) is 22.5. The fourth-order valence-electron chi connectivity index (χ4n) is 2.73. The number of hydrogen-bond donors (Lipinski definition) is 2. The van der Waals surface area contributed by atoms with Gasteiger partial charge in [-0.3, -0.25) is 9.59 Å². The van der Waals surface area contributed by atoms with Gasteiger partial charge in [0, 0.05) is 24.5 Å². The highest BCUT2D eigenvalue weighted by Gasteiger charge is 2.15. The normalized spacial score (nSPS) is 10.7. The number of carbonyl (C=O) groups is 2. The van der Waals surface area contributed by atoms with Gasteiger partial charge in [-0.15, -0.1) is 10.2 Å². The SMILES string of the molecule is Cc1ccc(C)c(NC(=O)Cc2nnc(SCC(=O)Nc3ccc(F)c(F)c3)n2C)c1. The van der Waals surface area contributed by atoms with Crippen molar-refractivity contribution >= 4 is 35.0 Å². The number of amides is 2. The minimum atomic E-state index is -1.04. The lowest BCUT2D eigenvalue weighted by Gasteiger charge is -2.09. The van der Waals surface area contributed by atoms with Crippen LogP contribution < -0.4 is 10.6 Å². The fourth-order valence-corrected chi connectivity index (χ4v) is 3.46. The van der Waals surface area contributed by atoms with Gasteiger partial charge in [0.25, 0.3) is 0 Å². The van der Waals surface area contributed by atoms with Crippen LogP contribution in [0.4, 0.5) is 20.2 Å². The third-order valence-corrected chi connectivity index (χ3v) is 5.47. The monoisotopic (exact) mass is 445 g/mol. The first kappa shape index (κ1) is 22.4. The summed E-state index contributed by atoms with van der Waals surface area (Å²) in [6, 6.07) is 8.93. The molecule has 2 aromatic carbocycles. The Hall–Kier alpha value is -3.27. The van der Waals surface area contributed by atoms with Crippen molar-refractivity contribution in [2.45, 2.75) is 25.4 Å². The van der Waals surface area contributed by atoms with Gasteiger partial charge in [-0.1, -0.05) is 23.9 Å². The maximum Gasteiger partial charge on any atom is 0.234 e. The summed E-state index contributed by atoms with van der Waals surface area (Å²) in [7, 11) is 1.70. The summed E-state index contributed by atoms with van der Waals surface area (Å²) in [6.45, 7) is 3.86. The molecule has 1 heterocycles. The van der Waals surface area contributed by atoms with E-state index in [1.807, 2.05) is 32.0 Å². The zero-order valence-corrected chi connectivity index (χ0v) is 18.0. The van der Waals surface area contributed by atoms with E-state index in [1.165, 1.54) is 6.07 Å². The first-order chi connectivity index (χ1) is 14.7. The van der Waals surface area contributed by atoms with Crippen molar-refractivity contribution < 1.29 is 18.4 Å². The molecule has 0 spiro atoms. The van der Waals surface area contributed by atoms with Crippen molar-refractivity contribution in [1.82, 2.24) is 14.8 Å². The third-order valence-electron chi connectivity index (χ3n) is 4.45. The molecule has 0 aliphatic heterocycles. The molecule has 0 saturated carbocycles. The summed E-state index contributed by atoms with van der Waals surface area (Å²) < 4.78 is 27.8. The molecule has 31 heavy (non-hydrogen) atoms. The number of aromatic nitrogens is 3. The lowest BCUT2D eigenvalue weighted by atomic mass is 10.1. The van der Waals surface area contributed by atoms with Gasteiger partial charge in [0.2, 0.25) is 11.8 Å². The van der Waals surface area contributed by atoms with Crippen LogP contribution in [0.1, 0.15) is 17.0 Å². The highest BCUT2D eigenvalue weighted by molar-refractivity contribution is 7.99. The van der Waals surface area contributed by atoms with Crippen molar-refractivity contribution in [3.05, 3.63) is 65.0 Å². The molecule has 3 aromatic rings. The highest BCUT2D eigenvalue weighted by Crippen LogP contribution is 2.19. The van der Waals surface area contributed by atoms with Crippen molar-refractivity contribution in [2.24, 2.45) is 7.05 Å². The Labute approximate surface area is 182 Å². The highest BCUT2D eigenvalue weighted by atomic mass is 32.2. The minimum Gasteiger partial charge on any atom is -0.325 e. The Morgan fingerprint density at radius 3 is 2.52 bits per heavy atom. The molecule has 0 unspecified atom stereocenters. The Kier molecular flexibility index (Phi) is 7.01. The number of benzene rings is 2. The molecule has 7 nitrogen and oxygen atoms in total. The maximum absolute atomic E-state index is 13.2. The second-order valence-electron chi connectivity index (χ2n) is 6.97. The Bertz CT molecular complexity index is 1130. The molecule has 0 fully saturated rings. The van der Waals surface area contributed by atoms with Gasteiger partial charge in [0.1, 0.15) is 5.82 Å². The molecule has 0 aliphatic rings. The van der Waals surface area contributed by atoms with Crippen molar-refractivity contribution in [3.63, 3.8) is 0 Å². The smallest absolute Gasteiger partial charge is 0.234 e. The van der Waals surface area contributed by atoms with E-state index < -0.39 is 17.5 Å². The minimum absolute atomic E-state index is 0.0142. The molecular formula is C21H21F2N5O2S. The summed E-state index contributed by atoms with van der Waals surface area (Å²) >= 11 is 1.12. The van der Waals surface area contributed by atoms with E-state index in [1.54, 1.807) is 11.6 Å². The second-order valence-corrected chi connectivity index (χ2v) is 7.91. The molecule has 0 saturated heterocycles. The number of anilines is 2. The molecule has 0 aliphatic carbocycles. The average molecular weight is 445 g/mol. The van der Waals surface area contributed by atoms with E-state index in [-0.39, 0.29) is 23.8 Å². The van der Waals surface area contributed by atoms with Gasteiger partial charge in [-0.2, -0.15) is 0 Å². The number of thioether (sulfide) groups is 1. The van der Waals surface area contributed by atoms with E-state index in [0.29, 0.717) is 11.0 Å². The van der Waals surface area contributed by atoms with Gasteiger partial charge in [0.05, 0.1) is 12.2 Å². The molecule has 0 radical (unpaired) electrons. The Morgan fingerprint density at radius 2 is 1.77 bits per heavy atom.